The number of anilines is 2. The van der Waals surface area contributed by atoms with E-state index >= 15 is 0 Å². The van der Waals surface area contributed by atoms with Crippen LogP contribution in [-0.2, 0) is 10.0 Å². The molecule has 0 fully saturated rings. The summed E-state index contributed by atoms with van der Waals surface area (Å²) in [7, 11) is -3.60. The van der Waals surface area contributed by atoms with Gasteiger partial charge in [-0.05, 0) is 42.5 Å². The van der Waals surface area contributed by atoms with Crippen LogP contribution in [0.2, 0.25) is 0 Å². The smallest absolute Gasteiger partial charge is 0.337 e. The Balaban J connectivity index is 2.36. The van der Waals surface area contributed by atoms with Crippen LogP contribution in [0, 0.1) is 0 Å². The van der Waals surface area contributed by atoms with E-state index in [1.54, 1.807) is 13.8 Å². The van der Waals surface area contributed by atoms with Crippen LogP contribution < -0.4 is 5.32 Å². The van der Waals surface area contributed by atoms with Crippen LogP contribution in [0.15, 0.2) is 47.4 Å². The molecule has 2 aromatic carbocycles. The summed E-state index contributed by atoms with van der Waals surface area (Å²) in [4.78, 5) is 22.6. The highest BCUT2D eigenvalue weighted by molar-refractivity contribution is 7.89. The van der Waals surface area contributed by atoms with Crippen LogP contribution >= 0.6 is 0 Å². The molecule has 2 aromatic rings. The summed E-state index contributed by atoms with van der Waals surface area (Å²) in [5.41, 5.74) is 0.364. The number of sulfonamides is 1. The Hall–Kier alpha value is -2.91. The van der Waals surface area contributed by atoms with Crippen molar-refractivity contribution < 1.29 is 28.2 Å². The van der Waals surface area contributed by atoms with Crippen LogP contribution in [0.5, 0.6) is 0 Å². The van der Waals surface area contributed by atoms with E-state index in [4.69, 9.17) is 5.11 Å². The van der Waals surface area contributed by atoms with E-state index in [1.807, 2.05) is 0 Å². The molecule has 2 rings (SSSR count). The van der Waals surface area contributed by atoms with Gasteiger partial charge in [0.15, 0.2) is 0 Å². The SMILES string of the molecule is CCN(CC)S(=O)(=O)c1ccc(Nc2cc(C(=O)O)ccc2C(=O)O)cc1. The maximum atomic E-state index is 12.5. The molecule has 9 heteroatoms. The number of nitrogens with zero attached hydrogens (tertiary/aromatic N) is 1. The summed E-state index contributed by atoms with van der Waals surface area (Å²) in [5.74, 6) is -2.40. The maximum Gasteiger partial charge on any atom is 0.337 e. The Labute approximate surface area is 157 Å². The van der Waals surface area contributed by atoms with Crippen molar-refractivity contribution in [2.24, 2.45) is 0 Å². The number of rotatable bonds is 8. The fraction of sp³-hybridized carbons (Fsp3) is 0.222. The highest BCUT2D eigenvalue weighted by atomic mass is 32.2. The summed E-state index contributed by atoms with van der Waals surface area (Å²) < 4.78 is 26.3. The Bertz CT molecular complexity index is 950. The molecule has 0 heterocycles. The Kier molecular flexibility index (Phi) is 6.19. The van der Waals surface area contributed by atoms with Gasteiger partial charge in [-0.25, -0.2) is 18.0 Å². The molecule has 3 N–H and O–H groups in total. The van der Waals surface area contributed by atoms with E-state index in [1.165, 1.54) is 46.8 Å². The Morgan fingerprint density at radius 2 is 1.56 bits per heavy atom. The second-order valence-corrected chi connectivity index (χ2v) is 7.55. The maximum absolute atomic E-state index is 12.5. The molecule has 0 saturated heterocycles. The zero-order chi connectivity index (χ0) is 20.2. The number of hydrogen-bond acceptors (Lipinski definition) is 5. The van der Waals surface area contributed by atoms with Gasteiger partial charge in [0.05, 0.1) is 21.7 Å². The molecule has 0 atom stereocenters. The molecule has 27 heavy (non-hydrogen) atoms. The summed E-state index contributed by atoms with van der Waals surface area (Å²) in [5, 5.41) is 21.2. The van der Waals surface area contributed by atoms with Crippen LogP contribution in [0.4, 0.5) is 11.4 Å². The van der Waals surface area contributed by atoms with E-state index in [0.717, 1.165) is 0 Å². The van der Waals surface area contributed by atoms with Gasteiger partial charge in [0.1, 0.15) is 0 Å². The highest BCUT2D eigenvalue weighted by Gasteiger charge is 2.21. The van der Waals surface area contributed by atoms with Gasteiger partial charge in [0.2, 0.25) is 10.0 Å². The van der Waals surface area contributed by atoms with Crippen molar-refractivity contribution in [3.05, 3.63) is 53.6 Å². The van der Waals surface area contributed by atoms with Gasteiger partial charge in [0, 0.05) is 18.8 Å². The van der Waals surface area contributed by atoms with Gasteiger partial charge in [-0.15, -0.1) is 0 Å². The third kappa shape index (κ3) is 4.44. The lowest BCUT2D eigenvalue weighted by molar-refractivity contribution is 0.0682. The van der Waals surface area contributed by atoms with Gasteiger partial charge in [-0.2, -0.15) is 4.31 Å². The molecule has 0 radical (unpaired) electrons. The third-order valence-electron chi connectivity index (χ3n) is 3.97. The van der Waals surface area contributed by atoms with Crippen LogP contribution in [-0.4, -0.2) is 48.0 Å². The molecular formula is C18H20N2O6S. The topological polar surface area (TPSA) is 124 Å². The zero-order valence-corrected chi connectivity index (χ0v) is 15.7. The fourth-order valence-electron chi connectivity index (χ4n) is 2.55. The largest absolute Gasteiger partial charge is 0.478 e. The number of carboxylic acid groups (broad SMARTS) is 2. The average molecular weight is 392 g/mol. The predicted molar refractivity (Wildman–Crippen MR) is 100 cm³/mol. The van der Waals surface area contributed by atoms with Crippen LogP contribution in [0.1, 0.15) is 34.6 Å². The predicted octanol–water partition coefficient (Wildman–Crippen LogP) is 2.86. The lowest BCUT2D eigenvalue weighted by Crippen LogP contribution is -2.30. The molecule has 0 aliphatic rings. The third-order valence-corrected chi connectivity index (χ3v) is 6.04. The molecule has 0 amide bonds. The fourth-order valence-corrected chi connectivity index (χ4v) is 4.00. The summed E-state index contributed by atoms with van der Waals surface area (Å²) >= 11 is 0. The number of nitrogens with one attached hydrogen (secondary N) is 1. The highest BCUT2D eigenvalue weighted by Crippen LogP contribution is 2.25. The molecule has 0 saturated carbocycles. The van der Waals surface area contributed by atoms with E-state index in [9.17, 15) is 23.1 Å². The summed E-state index contributed by atoms with van der Waals surface area (Å²) in [6, 6.07) is 9.44. The van der Waals surface area contributed by atoms with Gasteiger partial charge < -0.3 is 15.5 Å². The van der Waals surface area contributed by atoms with Crippen molar-refractivity contribution in [3.8, 4) is 0 Å². The minimum Gasteiger partial charge on any atom is -0.478 e. The standard InChI is InChI=1S/C18H20N2O6S/c1-3-20(4-2)27(25,26)14-8-6-13(7-9-14)19-16-11-12(17(21)22)5-10-15(16)18(23)24/h5-11,19H,3-4H2,1-2H3,(H,21,22)(H,23,24). The number of benzene rings is 2. The van der Waals surface area contributed by atoms with E-state index < -0.39 is 22.0 Å². The number of hydrogen-bond donors (Lipinski definition) is 3. The Morgan fingerprint density at radius 1 is 0.963 bits per heavy atom. The van der Waals surface area contributed by atoms with Crippen molar-refractivity contribution in [3.63, 3.8) is 0 Å². The molecule has 0 aromatic heterocycles. The summed E-state index contributed by atoms with van der Waals surface area (Å²) in [6.07, 6.45) is 0. The first-order valence-electron chi connectivity index (χ1n) is 8.18. The Morgan fingerprint density at radius 3 is 2.04 bits per heavy atom. The first-order valence-corrected chi connectivity index (χ1v) is 9.62. The van der Waals surface area contributed by atoms with Gasteiger partial charge in [0.25, 0.3) is 0 Å². The first-order chi connectivity index (χ1) is 12.7. The van der Waals surface area contributed by atoms with Crippen molar-refractivity contribution in [2.45, 2.75) is 18.7 Å². The van der Waals surface area contributed by atoms with E-state index in [0.29, 0.717) is 18.8 Å². The molecule has 144 valence electrons. The second kappa shape index (κ2) is 8.19. The minimum atomic E-state index is -3.60. The molecular weight excluding hydrogens is 372 g/mol. The van der Waals surface area contributed by atoms with Crippen molar-refractivity contribution in [2.75, 3.05) is 18.4 Å². The number of carboxylic acids is 2. The van der Waals surface area contributed by atoms with Crippen molar-refractivity contribution in [1.29, 1.82) is 0 Å². The van der Waals surface area contributed by atoms with E-state index in [2.05, 4.69) is 5.32 Å². The monoisotopic (exact) mass is 392 g/mol. The second-order valence-electron chi connectivity index (χ2n) is 5.61. The summed E-state index contributed by atoms with van der Waals surface area (Å²) in [6.45, 7) is 4.20. The average Bonchev–Trinajstić information content (AvgIpc) is 2.62. The van der Waals surface area contributed by atoms with E-state index in [-0.39, 0.29) is 21.7 Å². The van der Waals surface area contributed by atoms with Gasteiger partial charge in [-0.3, -0.25) is 0 Å². The van der Waals surface area contributed by atoms with Crippen molar-refractivity contribution in [1.82, 2.24) is 4.31 Å². The number of carbonyl (C=O) groups is 2. The van der Waals surface area contributed by atoms with Crippen LogP contribution in [0.25, 0.3) is 0 Å². The molecule has 0 bridgehead atoms. The first kappa shape index (κ1) is 20.4. The van der Waals surface area contributed by atoms with Gasteiger partial charge in [-0.1, -0.05) is 13.8 Å². The normalized spacial score (nSPS) is 11.4. The molecule has 0 unspecified atom stereocenters. The molecule has 8 nitrogen and oxygen atoms in total. The molecule has 0 aliphatic heterocycles. The zero-order valence-electron chi connectivity index (χ0n) is 14.8. The molecule has 0 aliphatic carbocycles. The van der Waals surface area contributed by atoms with Crippen molar-refractivity contribution >= 4 is 33.3 Å². The number of aromatic carboxylic acids is 2. The quantitative estimate of drug-likeness (QED) is 0.631. The minimum absolute atomic E-state index is 0.0665. The molecule has 0 spiro atoms. The lowest BCUT2D eigenvalue weighted by atomic mass is 10.1. The van der Waals surface area contributed by atoms with Gasteiger partial charge >= 0.3 is 11.9 Å². The lowest BCUT2D eigenvalue weighted by Gasteiger charge is -2.18. The van der Waals surface area contributed by atoms with Crippen LogP contribution in [0.3, 0.4) is 0 Å².